The van der Waals surface area contributed by atoms with Gasteiger partial charge in [-0.15, -0.1) is 0 Å². The van der Waals surface area contributed by atoms with E-state index in [1.165, 1.54) is 4.90 Å². The number of carbonyl (C=O) groups excluding carboxylic acids is 2. The zero-order valence-corrected chi connectivity index (χ0v) is 15.9. The Labute approximate surface area is 157 Å². The van der Waals surface area contributed by atoms with E-state index in [-0.39, 0.29) is 24.3 Å². The minimum absolute atomic E-state index is 0.0244. The van der Waals surface area contributed by atoms with Gasteiger partial charge in [0.2, 0.25) is 17.7 Å². The SMILES string of the molecule is CC(C)c1noc(CCCC(=O)N(C)CC(=O)Nc2cccc(Cl)c2)n1. The van der Waals surface area contributed by atoms with Gasteiger partial charge in [-0.25, -0.2) is 0 Å². The maximum Gasteiger partial charge on any atom is 0.243 e. The molecular formula is C18H23ClN4O3. The number of aryl methyl sites for hydroxylation is 1. The first-order valence-electron chi connectivity index (χ1n) is 8.47. The number of carbonyl (C=O) groups is 2. The van der Waals surface area contributed by atoms with Gasteiger partial charge < -0.3 is 14.7 Å². The van der Waals surface area contributed by atoms with Gasteiger partial charge in [-0.1, -0.05) is 36.7 Å². The molecule has 0 aliphatic heterocycles. The van der Waals surface area contributed by atoms with Gasteiger partial charge >= 0.3 is 0 Å². The number of likely N-dealkylation sites (N-methyl/N-ethyl adjacent to an activating group) is 1. The largest absolute Gasteiger partial charge is 0.339 e. The molecule has 0 saturated carbocycles. The predicted octanol–water partition coefficient (Wildman–Crippen LogP) is 3.27. The number of anilines is 1. The molecule has 8 heteroatoms. The number of amides is 2. The van der Waals surface area contributed by atoms with E-state index < -0.39 is 0 Å². The number of hydrogen-bond donors (Lipinski definition) is 1. The van der Waals surface area contributed by atoms with Crippen LogP contribution in [0.25, 0.3) is 0 Å². The molecule has 1 N–H and O–H groups in total. The first-order chi connectivity index (χ1) is 12.3. The molecule has 0 unspecified atom stereocenters. The highest BCUT2D eigenvalue weighted by Crippen LogP contribution is 2.15. The summed E-state index contributed by atoms with van der Waals surface area (Å²) in [4.78, 5) is 29.8. The van der Waals surface area contributed by atoms with Gasteiger partial charge in [-0.3, -0.25) is 9.59 Å². The van der Waals surface area contributed by atoms with Crippen molar-refractivity contribution in [1.29, 1.82) is 0 Å². The van der Waals surface area contributed by atoms with Crippen molar-refractivity contribution in [2.75, 3.05) is 18.9 Å². The molecule has 7 nitrogen and oxygen atoms in total. The molecule has 0 fully saturated rings. The number of benzene rings is 1. The lowest BCUT2D eigenvalue weighted by Crippen LogP contribution is -2.34. The molecular weight excluding hydrogens is 356 g/mol. The standard InChI is InChI=1S/C18H23ClN4O3/c1-12(2)18-21-16(26-22-18)8-5-9-17(25)23(3)11-15(24)20-14-7-4-6-13(19)10-14/h4,6-7,10,12H,5,8-9,11H2,1-3H3,(H,20,24). The topological polar surface area (TPSA) is 88.3 Å². The molecule has 1 heterocycles. The van der Waals surface area contributed by atoms with Crippen LogP contribution in [0, 0.1) is 0 Å². The van der Waals surface area contributed by atoms with Gasteiger partial charge in [0.1, 0.15) is 0 Å². The summed E-state index contributed by atoms with van der Waals surface area (Å²) < 4.78 is 5.15. The molecule has 1 aromatic heterocycles. The van der Waals surface area contributed by atoms with E-state index in [2.05, 4.69) is 15.5 Å². The molecule has 0 aliphatic carbocycles. The summed E-state index contributed by atoms with van der Waals surface area (Å²) in [5.74, 6) is 1.01. The Morgan fingerprint density at radius 2 is 2.12 bits per heavy atom. The minimum atomic E-state index is -0.276. The number of halogens is 1. The summed E-state index contributed by atoms with van der Waals surface area (Å²) in [6.07, 6.45) is 1.42. The van der Waals surface area contributed by atoms with Crippen molar-refractivity contribution in [2.24, 2.45) is 0 Å². The number of nitrogens with one attached hydrogen (secondary N) is 1. The smallest absolute Gasteiger partial charge is 0.243 e. The third-order valence-corrected chi connectivity index (χ3v) is 3.93. The number of aromatic nitrogens is 2. The van der Waals surface area contributed by atoms with Crippen LogP contribution in [0.2, 0.25) is 5.02 Å². The van der Waals surface area contributed by atoms with Crippen molar-refractivity contribution in [3.05, 3.63) is 41.0 Å². The highest BCUT2D eigenvalue weighted by atomic mass is 35.5. The molecule has 2 rings (SSSR count). The first kappa shape index (κ1) is 19.9. The van der Waals surface area contributed by atoms with Gasteiger partial charge in [-0.05, 0) is 24.6 Å². The van der Waals surface area contributed by atoms with Gasteiger partial charge in [0.15, 0.2) is 5.82 Å². The lowest BCUT2D eigenvalue weighted by molar-refractivity contribution is -0.133. The van der Waals surface area contributed by atoms with Crippen LogP contribution in [0.5, 0.6) is 0 Å². The van der Waals surface area contributed by atoms with E-state index in [1.54, 1.807) is 31.3 Å². The van der Waals surface area contributed by atoms with Gasteiger partial charge in [0.25, 0.3) is 0 Å². The zero-order chi connectivity index (χ0) is 19.1. The second-order valence-corrected chi connectivity index (χ2v) is 6.80. The normalized spacial score (nSPS) is 10.8. The molecule has 0 radical (unpaired) electrons. The van der Waals surface area contributed by atoms with Gasteiger partial charge in [0, 0.05) is 36.5 Å². The lowest BCUT2D eigenvalue weighted by atomic mass is 10.2. The third kappa shape index (κ3) is 6.15. The molecule has 0 bridgehead atoms. The highest BCUT2D eigenvalue weighted by molar-refractivity contribution is 6.30. The Kier molecular flexibility index (Phi) is 7.15. The molecule has 0 spiro atoms. The maximum atomic E-state index is 12.1. The molecule has 0 atom stereocenters. The average Bonchev–Trinajstić information content (AvgIpc) is 3.03. The first-order valence-corrected chi connectivity index (χ1v) is 8.85. The third-order valence-electron chi connectivity index (χ3n) is 3.70. The molecule has 26 heavy (non-hydrogen) atoms. The van der Waals surface area contributed by atoms with Crippen LogP contribution in [0.15, 0.2) is 28.8 Å². The summed E-state index contributed by atoms with van der Waals surface area (Å²) in [5.41, 5.74) is 0.598. The van der Waals surface area contributed by atoms with E-state index in [1.807, 2.05) is 13.8 Å². The Balaban J connectivity index is 1.73. The fourth-order valence-electron chi connectivity index (χ4n) is 2.26. The van der Waals surface area contributed by atoms with Crippen molar-refractivity contribution in [3.63, 3.8) is 0 Å². The molecule has 0 aliphatic rings. The van der Waals surface area contributed by atoms with E-state index in [0.717, 1.165) is 0 Å². The summed E-state index contributed by atoms with van der Waals surface area (Å²) >= 11 is 5.88. The Hall–Kier alpha value is -2.41. The monoisotopic (exact) mass is 378 g/mol. The number of nitrogens with zero attached hydrogens (tertiary/aromatic N) is 3. The second-order valence-electron chi connectivity index (χ2n) is 6.36. The van der Waals surface area contributed by atoms with Crippen molar-refractivity contribution >= 4 is 29.1 Å². The lowest BCUT2D eigenvalue weighted by Gasteiger charge is -2.16. The molecule has 2 amide bonds. The molecule has 0 saturated heterocycles. The Morgan fingerprint density at radius 1 is 1.35 bits per heavy atom. The van der Waals surface area contributed by atoms with E-state index in [9.17, 15) is 9.59 Å². The summed E-state index contributed by atoms with van der Waals surface area (Å²) in [5, 5.41) is 7.14. The van der Waals surface area contributed by atoms with Crippen LogP contribution < -0.4 is 5.32 Å². The summed E-state index contributed by atoms with van der Waals surface area (Å²) in [6.45, 7) is 3.95. The van der Waals surface area contributed by atoms with Crippen LogP contribution in [-0.4, -0.2) is 40.4 Å². The van der Waals surface area contributed by atoms with Crippen molar-refractivity contribution in [3.8, 4) is 0 Å². The molecule has 2 aromatic rings. The highest BCUT2D eigenvalue weighted by Gasteiger charge is 2.14. The number of rotatable bonds is 8. The van der Waals surface area contributed by atoms with Crippen LogP contribution >= 0.6 is 11.6 Å². The maximum absolute atomic E-state index is 12.1. The fraction of sp³-hybridized carbons (Fsp3) is 0.444. The van der Waals surface area contributed by atoms with Crippen molar-refractivity contribution in [1.82, 2.24) is 15.0 Å². The van der Waals surface area contributed by atoms with E-state index >= 15 is 0 Å². The molecule has 1 aromatic carbocycles. The van der Waals surface area contributed by atoms with Crippen LogP contribution in [0.3, 0.4) is 0 Å². The van der Waals surface area contributed by atoms with Gasteiger partial charge in [-0.2, -0.15) is 4.98 Å². The second kappa shape index (κ2) is 9.33. The summed E-state index contributed by atoms with van der Waals surface area (Å²) in [7, 11) is 1.60. The average molecular weight is 379 g/mol. The summed E-state index contributed by atoms with van der Waals surface area (Å²) in [6, 6.07) is 6.86. The van der Waals surface area contributed by atoms with Crippen LogP contribution in [-0.2, 0) is 16.0 Å². The van der Waals surface area contributed by atoms with Gasteiger partial charge in [0.05, 0.1) is 6.54 Å². The van der Waals surface area contributed by atoms with Crippen LogP contribution in [0.4, 0.5) is 5.69 Å². The van der Waals surface area contributed by atoms with Crippen LogP contribution in [0.1, 0.15) is 44.3 Å². The fourth-order valence-corrected chi connectivity index (χ4v) is 2.45. The minimum Gasteiger partial charge on any atom is -0.339 e. The van der Waals surface area contributed by atoms with E-state index in [4.69, 9.17) is 16.1 Å². The Bertz CT molecular complexity index is 760. The van der Waals surface area contributed by atoms with E-state index in [0.29, 0.717) is 41.7 Å². The molecule has 140 valence electrons. The predicted molar refractivity (Wildman–Crippen MR) is 99.0 cm³/mol. The quantitative estimate of drug-likeness (QED) is 0.761. The number of hydrogen-bond acceptors (Lipinski definition) is 5. The zero-order valence-electron chi connectivity index (χ0n) is 15.2. The Morgan fingerprint density at radius 3 is 2.77 bits per heavy atom. The van der Waals surface area contributed by atoms with Crippen molar-refractivity contribution in [2.45, 2.75) is 39.0 Å². The van der Waals surface area contributed by atoms with Crippen molar-refractivity contribution < 1.29 is 14.1 Å².